The van der Waals surface area contributed by atoms with Crippen molar-refractivity contribution in [3.8, 4) is 5.75 Å². The highest BCUT2D eigenvalue weighted by Gasteiger charge is 2.41. The summed E-state index contributed by atoms with van der Waals surface area (Å²) in [5, 5.41) is -0.190. The summed E-state index contributed by atoms with van der Waals surface area (Å²) >= 11 is 0. The number of hydrogen-bond donors (Lipinski definition) is 0. The molecule has 1 amide bonds. The van der Waals surface area contributed by atoms with Crippen molar-refractivity contribution >= 4 is 15.9 Å². The fourth-order valence-electron chi connectivity index (χ4n) is 2.75. The molecule has 1 atom stereocenters. The molecule has 0 aromatic heterocycles. The largest absolute Gasteiger partial charge is 0.481 e. The number of benzene rings is 1. The maximum Gasteiger partial charge on any atom is 0.263 e. The second-order valence-corrected chi connectivity index (χ2v) is 8.25. The molecule has 2 aliphatic rings. The maximum absolute atomic E-state index is 12.4. The van der Waals surface area contributed by atoms with Crippen molar-refractivity contribution in [2.45, 2.75) is 31.1 Å². The van der Waals surface area contributed by atoms with Crippen LogP contribution in [0.4, 0.5) is 0 Å². The van der Waals surface area contributed by atoms with Crippen molar-refractivity contribution in [1.29, 1.82) is 0 Å². The third-order valence-electron chi connectivity index (χ3n) is 4.26. The van der Waals surface area contributed by atoms with Crippen LogP contribution in [0.3, 0.4) is 0 Å². The first-order chi connectivity index (χ1) is 11.0. The summed E-state index contributed by atoms with van der Waals surface area (Å²) in [6, 6.07) is 9.22. The van der Waals surface area contributed by atoms with Crippen molar-refractivity contribution in [2.24, 2.45) is 0 Å². The monoisotopic (exact) mass is 338 g/mol. The number of carbonyl (C=O) groups excluding carboxylic acids is 1. The Balaban J connectivity index is 1.53. The molecule has 0 spiro atoms. The number of para-hydroxylation sites is 1. The molecular formula is C16H22N2O4S. The minimum absolute atomic E-state index is 0.0997. The number of piperazine rings is 1. The van der Waals surface area contributed by atoms with Crippen LogP contribution in [0.15, 0.2) is 30.3 Å². The van der Waals surface area contributed by atoms with Crippen LogP contribution in [0.1, 0.15) is 19.8 Å². The molecule has 3 rings (SSSR count). The summed E-state index contributed by atoms with van der Waals surface area (Å²) in [6.07, 6.45) is 0.955. The summed E-state index contributed by atoms with van der Waals surface area (Å²) in [7, 11) is -3.14. The quantitative estimate of drug-likeness (QED) is 0.806. The molecule has 1 aliphatic carbocycles. The number of nitrogens with zero attached hydrogens (tertiary/aromatic N) is 2. The van der Waals surface area contributed by atoms with Gasteiger partial charge in [-0.3, -0.25) is 4.79 Å². The van der Waals surface area contributed by atoms with Crippen LogP contribution < -0.4 is 4.74 Å². The first-order valence-electron chi connectivity index (χ1n) is 7.98. The van der Waals surface area contributed by atoms with Gasteiger partial charge >= 0.3 is 0 Å². The zero-order valence-electron chi connectivity index (χ0n) is 13.2. The highest BCUT2D eigenvalue weighted by Crippen LogP contribution is 2.31. The molecule has 0 bridgehead atoms. The normalized spacial score (nSPS) is 21.0. The van der Waals surface area contributed by atoms with E-state index in [1.165, 1.54) is 4.31 Å². The van der Waals surface area contributed by atoms with E-state index in [4.69, 9.17) is 4.74 Å². The average Bonchev–Trinajstić information content (AvgIpc) is 3.40. The van der Waals surface area contributed by atoms with E-state index in [9.17, 15) is 13.2 Å². The van der Waals surface area contributed by atoms with Crippen LogP contribution in [0.25, 0.3) is 0 Å². The molecule has 0 radical (unpaired) electrons. The van der Waals surface area contributed by atoms with Crippen molar-refractivity contribution in [2.75, 3.05) is 26.2 Å². The molecule has 1 aromatic carbocycles. The van der Waals surface area contributed by atoms with Gasteiger partial charge in [-0.25, -0.2) is 8.42 Å². The Bertz CT molecular complexity index is 650. The van der Waals surface area contributed by atoms with Crippen molar-refractivity contribution in [3.63, 3.8) is 0 Å². The summed E-state index contributed by atoms with van der Waals surface area (Å²) in [5.41, 5.74) is 0. The van der Waals surface area contributed by atoms with E-state index >= 15 is 0 Å². The Morgan fingerprint density at radius 2 is 1.74 bits per heavy atom. The molecule has 1 aromatic rings. The van der Waals surface area contributed by atoms with Crippen LogP contribution in [0.5, 0.6) is 5.75 Å². The first-order valence-corrected chi connectivity index (χ1v) is 9.48. The lowest BCUT2D eigenvalue weighted by atomic mass is 10.3. The van der Waals surface area contributed by atoms with Crippen molar-refractivity contribution in [3.05, 3.63) is 30.3 Å². The van der Waals surface area contributed by atoms with Gasteiger partial charge in [-0.1, -0.05) is 18.2 Å². The highest BCUT2D eigenvalue weighted by atomic mass is 32.2. The number of sulfonamides is 1. The Hall–Kier alpha value is -1.60. The standard InChI is InChI=1S/C16H22N2O4S/c1-13(22-14-5-3-2-4-6-14)16(19)17-9-11-18(12-10-17)23(20,21)15-7-8-15/h2-6,13,15H,7-12H2,1H3/t13-/m0/s1. The lowest BCUT2D eigenvalue weighted by Crippen LogP contribution is -2.53. The van der Waals surface area contributed by atoms with E-state index in [0.717, 1.165) is 12.8 Å². The molecular weight excluding hydrogens is 316 g/mol. The van der Waals surface area contributed by atoms with Gasteiger partial charge in [-0.15, -0.1) is 0 Å². The SMILES string of the molecule is C[C@H](Oc1ccccc1)C(=O)N1CCN(S(=O)(=O)C2CC2)CC1. The van der Waals surface area contributed by atoms with E-state index in [0.29, 0.717) is 31.9 Å². The van der Waals surface area contributed by atoms with Gasteiger partial charge in [-0.05, 0) is 31.9 Å². The second kappa shape index (κ2) is 6.49. The van der Waals surface area contributed by atoms with E-state index in [-0.39, 0.29) is 11.2 Å². The second-order valence-electron chi connectivity index (χ2n) is 6.04. The molecule has 0 unspecified atom stereocenters. The topological polar surface area (TPSA) is 66.9 Å². The molecule has 1 saturated heterocycles. The first kappa shape index (κ1) is 16.3. The summed E-state index contributed by atoms with van der Waals surface area (Å²) in [6.45, 7) is 3.33. The summed E-state index contributed by atoms with van der Waals surface area (Å²) in [4.78, 5) is 14.1. The van der Waals surface area contributed by atoms with Crippen LogP contribution >= 0.6 is 0 Å². The molecule has 126 valence electrons. The van der Waals surface area contributed by atoms with Gasteiger partial charge < -0.3 is 9.64 Å². The van der Waals surface area contributed by atoms with Gasteiger partial charge in [0.15, 0.2) is 6.10 Å². The van der Waals surface area contributed by atoms with E-state index in [1.807, 2.05) is 30.3 Å². The molecule has 6 nitrogen and oxygen atoms in total. The van der Waals surface area contributed by atoms with E-state index in [2.05, 4.69) is 0 Å². The Kier molecular flexibility index (Phi) is 4.59. The molecule has 1 heterocycles. The van der Waals surface area contributed by atoms with Gasteiger partial charge in [-0.2, -0.15) is 4.31 Å². The minimum Gasteiger partial charge on any atom is -0.481 e. The van der Waals surface area contributed by atoms with Crippen LogP contribution in [0, 0.1) is 0 Å². The van der Waals surface area contributed by atoms with Gasteiger partial charge in [0, 0.05) is 26.2 Å². The molecule has 23 heavy (non-hydrogen) atoms. The summed E-state index contributed by atoms with van der Waals surface area (Å²) < 4.78 is 31.6. The molecule has 0 N–H and O–H groups in total. The Morgan fingerprint density at radius 3 is 2.30 bits per heavy atom. The molecule has 7 heteroatoms. The zero-order valence-corrected chi connectivity index (χ0v) is 14.0. The predicted octanol–water partition coefficient (Wildman–Crippen LogP) is 1.09. The number of carbonyl (C=O) groups is 1. The third-order valence-corrected chi connectivity index (χ3v) is 6.66. The fraction of sp³-hybridized carbons (Fsp3) is 0.562. The number of amides is 1. The highest BCUT2D eigenvalue weighted by molar-refractivity contribution is 7.90. The van der Waals surface area contributed by atoms with Gasteiger partial charge in [0.05, 0.1) is 5.25 Å². The van der Waals surface area contributed by atoms with Crippen molar-refractivity contribution < 1.29 is 17.9 Å². The fourth-order valence-corrected chi connectivity index (χ4v) is 4.58. The lowest BCUT2D eigenvalue weighted by Gasteiger charge is -2.35. The third kappa shape index (κ3) is 3.67. The van der Waals surface area contributed by atoms with Gasteiger partial charge in [0.2, 0.25) is 10.0 Å². The maximum atomic E-state index is 12.4. The smallest absolute Gasteiger partial charge is 0.263 e. The zero-order chi connectivity index (χ0) is 16.4. The predicted molar refractivity (Wildman–Crippen MR) is 86.6 cm³/mol. The van der Waals surface area contributed by atoms with Crippen LogP contribution in [-0.4, -0.2) is 61.1 Å². The molecule has 1 aliphatic heterocycles. The van der Waals surface area contributed by atoms with Gasteiger partial charge in [0.25, 0.3) is 5.91 Å². The Morgan fingerprint density at radius 1 is 1.13 bits per heavy atom. The van der Waals surface area contributed by atoms with Crippen LogP contribution in [-0.2, 0) is 14.8 Å². The van der Waals surface area contributed by atoms with Crippen LogP contribution in [0.2, 0.25) is 0 Å². The number of rotatable bonds is 5. The molecule has 1 saturated carbocycles. The minimum atomic E-state index is -3.14. The number of hydrogen-bond acceptors (Lipinski definition) is 4. The van der Waals surface area contributed by atoms with Gasteiger partial charge in [0.1, 0.15) is 5.75 Å². The molecule has 2 fully saturated rings. The summed E-state index contributed by atoms with van der Waals surface area (Å²) in [5.74, 6) is 0.556. The Labute approximate surface area is 137 Å². The van der Waals surface area contributed by atoms with Crippen molar-refractivity contribution in [1.82, 2.24) is 9.21 Å². The number of ether oxygens (including phenoxy) is 1. The average molecular weight is 338 g/mol. The lowest BCUT2D eigenvalue weighted by molar-refractivity contribution is -0.139. The van der Waals surface area contributed by atoms with E-state index < -0.39 is 16.1 Å². The van der Waals surface area contributed by atoms with E-state index in [1.54, 1.807) is 11.8 Å².